The lowest BCUT2D eigenvalue weighted by atomic mass is 9.90. The second kappa shape index (κ2) is 2.78. The molecule has 0 heterocycles. The Morgan fingerprint density at radius 3 is 2.27 bits per heavy atom. The molecule has 0 saturated heterocycles. The maximum atomic E-state index is 2.42. The highest BCUT2D eigenvalue weighted by molar-refractivity contribution is 4.99. The smallest absolute Gasteiger partial charge is 0.000622 e. The van der Waals surface area contributed by atoms with E-state index in [9.17, 15) is 0 Å². The molecule has 0 aliphatic heterocycles. The molecule has 0 aromatic heterocycles. The zero-order valence-electron chi connectivity index (χ0n) is 8.52. The Balaban J connectivity index is 2.37. The molecule has 1 nitrogen and oxygen atoms in total. The Morgan fingerprint density at radius 1 is 1.55 bits per heavy atom. The largest absolute Gasteiger partial charge is 0.309 e. The first-order valence-corrected chi connectivity index (χ1v) is 4.61. The van der Waals surface area contributed by atoms with E-state index in [0.29, 0.717) is 5.41 Å². The average molecular weight is 155 g/mol. The van der Waals surface area contributed by atoms with Gasteiger partial charge in [0.1, 0.15) is 0 Å². The number of hydrogen-bond acceptors (Lipinski definition) is 1. The molecule has 1 fully saturated rings. The van der Waals surface area contributed by atoms with Crippen LogP contribution in [0.3, 0.4) is 0 Å². The molecule has 0 amide bonds. The van der Waals surface area contributed by atoms with Crippen LogP contribution in [0.1, 0.15) is 27.2 Å². The van der Waals surface area contributed by atoms with Gasteiger partial charge in [-0.15, -0.1) is 0 Å². The fourth-order valence-corrected chi connectivity index (χ4v) is 2.04. The van der Waals surface area contributed by atoms with Crippen molar-refractivity contribution in [3.63, 3.8) is 0 Å². The summed E-state index contributed by atoms with van der Waals surface area (Å²) in [5.41, 5.74) is 0.657. The number of rotatable bonds is 3. The zero-order valence-corrected chi connectivity index (χ0v) is 8.52. The van der Waals surface area contributed by atoms with Crippen LogP contribution >= 0.6 is 0 Å². The third kappa shape index (κ3) is 1.76. The summed E-state index contributed by atoms with van der Waals surface area (Å²) >= 11 is 0. The SMILES string of the molecule is CC1CC1(C)[C@@H](C)CN(C)C. The van der Waals surface area contributed by atoms with E-state index in [1.807, 2.05) is 0 Å². The second-order valence-corrected chi connectivity index (χ2v) is 4.77. The van der Waals surface area contributed by atoms with Gasteiger partial charge in [-0.05, 0) is 37.8 Å². The van der Waals surface area contributed by atoms with Gasteiger partial charge >= 0.3 is 0 Å². The van der Waals surface area contributed by atoms with Crippen molar-refractivity contribution in [1.82, 2.24) is 4.90 Å². The predicted molar refractivity (Wildman–Crippen MR) is 49.6 cm³/mol. The maximum Gasteiger partial charge on any atom is 0.000622 e. The predicted octanol–water partition coefficient (Wildman–Crippen LogP) is 2.23. The molecule has 3 atom stereocenters. The molecule has 1 heteroatoms. The van der Waals surface area contributed by atoms with Gasteiger partial charge in [-0.2, -0.15) is 0 Å². The molecule has 0 radical (unpaired) electrons. The molecule has 0 N–H and O–H groups in total. The highest BCUT2D eigenvalue weighted by Crippen LogP contribution is 2.57. The van der Waals surface area contributed by atoms with Crippen LogP contribution in [0.15, 0.2) is 0 Å². The number of hydrogen-bond donors (Lipinski definition) is 0. The lowest BCUT2D eigenvalue weighted by Gasteiger charge is -2.23. The van der Waals surface area contributed by atoms with E-state index in [4.69, 9.17) is 0 Å². The number of nitrogens with zero attached hydrogens (tertiary/aromatic N) is 1. The minimum Gasteiger partial charge on any atom is -0.309 e. The Hall–Kier alpha value is -0.0400. The van der Waals surface area contributed by atoms with E-state index in [1.54, 1.807) is 0 Å². The summed E-state index contributed by atoms with van der Waals surface area (Å²) in [5, 5.41) is 0. The normalized spacial score (nSPS) is 39.3. The molecule has 0 spiro atoms. The summed E-state index contributed by atoms with van der Waals surface area (Å²) in [6, 6.07) is 0. The maximum absolute atomic E-state index is 2.42. The fourth-order valence-electron chi connectivity index (χ4n) is 2.04. The Labute approximate surface area is 70.8 Å². The van der Waals surface area contributed by atoms with Gasteiger partial charge in [-0.3, -0.25) is 0 Å². The molecule has 11 heavy (non-hydrogen) atoms. The Kier molecular flexibility index (Phi) is 2.29. The first-order chi connectivity index (χ1) is 4.97. The average Bonchev–Trinajstić information content (AvgIpc) is 2.40. The summed E-state index contributed by atoms with van der Waals surface area (Å²) in [6.07, 6.45) is 1.43. The monoisotopic (exact) mass is 155 g/mol. The summed E-state index contributed by atoms with van der Waals surface area (Å²) in [5.74, 6) is 1.81. The molecule has 0 aromatic carbocycles. The molecule has 1 rings (SSSR count). The molecular formula is C10H21N. The summed E-state index contributed by atoms with van der Waals surface area (Å²) in [6.45, 7) is 8.41. The molecule has 1 aliphatic rings. The molecule has 1 aliphatic carbocycles. The van der Waals surface area contributed by atoms with Gasteiger partial charge in [0.2, 0.25) is 0 Å². The summed E-state index contributed by atoms with van der Waals surface area (Å²) in [7, 11) is 4.32. The van der Waals surface area contributed by atoms with Crippen molar-refractivity contribution in [2.24, 2.45) is 17.3 Å². The molecular weight excluding hydrogens is 134 g/mol. The second-order valence-electron chi connectivity index (χ2n) is 4.77. The van der Waals surface area contributed by atoms with Crippen LogP contribution in [-0.4, -0.2) is 25.5 Å². The van der Waals surface area contributed by atoms with Gasteiger partial charge in [0.05, 0.1) is 0 Å². The first kappa shape index (κ1) is 9.05. The highest BCUT2D eigenvalue weighted by Gasteiger charge is 2.50. The van der Waals surface area contributed by atoms with Gasteiger partial charge in [0.25, 0.3) is 0 Å². The third-order valence-electron chi connectivity index (χ3n) is 3.48. The van der Waals surface area contributed by atoms with Crippen LogP contribution in [-0.2, 0) is 0 Å². The molecule has 0 aromatic rings. The minimum atomic E-state index is 0.657. The van der Waals surface area contributed by atoms with Gasteiger partial charge in [0, 0.05) is 6.54 Å². The van der Waals surface area contributed by atoms with E-state index in [-0.39, 0.29) is 0 Å². The third-order valence-corrected chi connectivity index (χ3v) is 3.48. The topological polar surface area (TPSA) is 3.24 Å². The fraction of sp³-hybridized carbons (Fsp3) is 1.00. The van der Waals surface area contributed by atoms with Gasteiger partial charge < -0.3 is 4.90 Å². The van der Waals surface area contributed by atoms with Crippen molar-refractivity contribution < 1.29 is 0 Å². The first-order valence-electron chi connectivity index (χ1n) is 4.61. The van der Waals surface area contributed by atoms with Crippen molar-refractivity contribution in [1.29, 1.82) is 0 Å². The van der Waals surface area contributed by atoms with E-state index in [0.717, 1.165) is 11.8 Å². The molecule has 2 unspecified atom stereocenters. The van der Waals surface area contributed by atoms with Crippen molar-refractivity contribution in [2.45, 2.75) is 27.2 Å². The van der Waals surface area contributed by atoms with Crippen LogP contribution in [0, 0.1) is 17.3 Å². The standard InChI is InChI=1S/C10H21N/c1-8-6-10(8,3)9(2)7-11(4)5/h8-9H,6-7H2,1-5H3/t8?,9-,10?/m0/s1. The van der Waals surface area contributed by atoms with E-state index in [2.05, 4.69) is 39.8 Å². The quantitative estimate of drug-likeness (QED) is 0.604. The lowest BCUT2D eigenvalue weighted by molar-refractivity contribution is 0.248. The molecule has 1 saturated carbocycles. The van der Waals surface area contributed by atoms with E-state index >= 15 is 0 Å². The van der Waals surface area contributed by atoms with Crippen molar-refractivity contribution in [3.8, 4) is 0 Å². The Bertz CT molecular complexity index is 142. The minimum absolute atomic E-state index is 0.657. The van der Waals surface area contributed by atoms with Crippen LogP contribution in [0.2, 0.25) is 0 Å². The van der Waals surface area contributed by atoms with Gasteiger partial charge in [-0.1, -0.05) is 20.8 Å². The van der Waals surface area contributed by atoms with Crippen molar-refractivity contribution in [3.05, 3.63) is 0 Å². The van der Waals surface area contributed by atoms with E-state index < -0.39 is 0 Å². The Morgan fingerprint density at radius 2 is 2.00 bits per heavy atom. The van der Waals surface area contributed by atoms with Crippen LogP contribution in [0.5, 0.6) is 0 Å². The van der Waals surface area contributed by atoms with Crippen LogP contribution < -0.4 is 0 Å². The summed E-state index contributed by atoms with van der Waals surface area (Å²) in [4.78, 5) is 2.29. The van der Waals surface area contributed by atoms with Crippen molar-refractivity contribution >= 4 is 0 Å². The van der Waals surface area contributed by atoms with E-state index in [1.165, 1.54) is 13.0 Å². The zero-order chi connectivity index (χ0) is 8.65. The molecule has 66 valence electrons. The molecule has 0 bridgehead atoms. The van der Waals surface area contributed by atoms with Gasteiger partial charge in [-0.25, -0.2) is 0 Å². The van der Waals surface area contributed by atoms with Crippen molar-refractivity contribution in [2.75, 3.05) is 20.6 Å². The van der Waals surface area contributed by atoms with Crippen LogP contribution in [0.25, 0.3) is 0 Å². The highest BCUT2D eigenvalue weighted by atomic mass is 15.1. The van der Waals surface area contributed by atoms with Gasteiger partial charge in [0.15, 0.2) is 0 Å². The lowest BCUT2D eigenvalue weighted by Crippen LogP contribution is -2.25. The van der Waals surface area contributed by atoms with Crippen LogP contribution in [0.4, 0.5) is 0 Å². The summed E-state index contributed by atoms with van der Waals surface area (Å²) < 4.78 is 0.